The quantitative estimate of drug-likeness (QED) is 0.0247. The van der Waals surface area contributed by atoms with Crippen molar-refractivity contribution in [2.24, 2.45) is 44.8 Å². The summed E-state index contributed by atoms with van der Waals surface area (Å²) in [5, 5.41) is 30.7. The van der Waals surface area contributed by atoms with Gasteiger partial charge in [-0.25, -0.2) is 10.2 Å². The highest BCUT2D eigenvalue weighted by Crippen LogP contribution is 2.22. The van der Waals surface area contributed by atoms with Crippen LogP contribution in [0.15, 0.2) is 63.0 Å². The predicted octanol–water partition coefficient (Wildman–Crippen LogP) is 0.215. The highest BCUT2D eigenvalue weighted by atomic mass is 79.9. The fraction of sp³-hybridized carbons (Fsp3) is 0.533. The Balaban J connectivity index is 1.91. The molecule has 7 atom stereocenters. The highest BCUT2D eigenvalue weighted by Gasteiger charge is 2.40. The summed E-state index contributed by atoms with van der Waals surface area (Å²) in [6.07, 6.45) is 1.83. The number of carbonyl (C=O) groups excluding carboxylic acids is 6. The summed E-state index contributed by atoms with van der Waals surface area (Å²) in [6.45, 7) is 7.60. The number of carboxylic acids is 1. The number of hydrogen-bond donors (Lipinski definition) is 12. The molecule has 16 N–H and O–H groups in total. The molecule has 0 radical (unpaired) electrons. The first-order valence-electron chi connectivity index (χ1n) is 22.6. The lowest BCUT2D eigenvalue weighted by Gasteiger charge is -2.31. The van der Waals surface area contributed by atoms with E-state index in [1.807, 2.05) is 20.8 Å². The second kappa shape index (κ2) is 28.0. The second-order valence-electron chi connectivity index (χ2n) is 17.1. The van der Waals surface area contributed by atoms with Gasteiger partial charge >= 0.3 is 5.97 Å². The predicted molar refractivity (Wildman–Crippen MR) is 259 cm³/mol. The van der Waals surface area contributed by atoms with Crippen LogP contribution in [0.25, 0.3) is 0 Å². The number of guanidine groups is 2. The fourth-order valence-electron chi connectivity index (χ4n) is 7.39. The average molecular weight is 1020 g/mol. The molecule has 23 heteroatoms. The van der Waals surface area contributed by atoms with Crippen LogP contribution >= 0.6 is 15.9 Å². The van der Waals surface area contributed by atoms with Crippen LogP contribution in [0.5, 0.6) is 5.75 Å². The van der Waals surface area contributed by atoms with Crippen molar-refractivity contribution in [3.8, 4) is 5.75 Å². The van der Waals surface area contributed by atoms with Crippen LogP contribution in [0.3, 0.4) is 0 Å². The van der Waals surface area contributed by atoms with E-state index in [0.717, 1.165) is 4.47 Å². The maximum absolute atomic E-state index is 14.6. The summed E-state index contributed by atoms with van der Waals surface area (Å²) in [4.78, 5) is 105. The van der Waals surface area contributed by atoms with Crippen LogP contribution in [0, 0.1) is 11.8 Å². The first kappa shape index (κ1) is 55.8. The number of phenolic OH excluding ortho intramolecular Hbond substituents is 1. The number of carboxylic acid groups (broad SMARTS) is 1. The molecule has 22 nitrogen and oxygen atoms in total. The molecule has 0 bridgehead atoms. The van der Waals surface area contributed by atoms with Crippen molar-refractivity contribution in [2.45, 2.75) is 122 Å². The van der Waals surface area contributed by atoms with Crippen LogP contribution < -0.4 is 55.1 Å². The van der Waals surface area contributed by atoms with Crippen LogP contribution in [-0.2, 0) is 35.2 Å². The van der Waals surface area contributed by atoms with Crippen molar-refractivity contribution >= 4 is 69.3 Å². The number of nitrogens with two attached hydrogens (primary N) is 4. The van der Waals surface area contributed by atoms with Gasteiger partial charge in [0.15, 0.2) is 11.9 Å². The van der Waals surface area contributed by atoms with E-state index in [0.29, 0.717) is 30.4 Å². The third kappa shape index (κ3) is 18.7. The van der Waals surface area contributed by atoms with Gasteiger partial charge in [0.2, 0.25) is 29.5 Å². The lowest BCUT2D eigenvalue weighted by Crippen LogP contribution is -2.60. The Labute approximate surface area is 404 Å². The van der Waals surface area contributed by atoms with E-state index in [-0.39, 0.29) is 81.7 Å². The van der Waals surface area contributed by atoms with Crippen molar-refractivity contribution in [3.63, 3.8) is 0 Å². The van der Waals surface area contributed by atoms with E-state index in [1.165, 1.54) is 17.0 Å². The number of hydrazine groups is 1. The lowest BCUT2D eigenvalue weighted by molar-refractivity contribution is -0.143. The SMILES string of the molecule is CC[C@H](C)[C@H](NC(=O)[C@H](Cc1ccc(O)cc1)NC(=O)[C@@H]1CCCN1C(=O)[C@H](CCCN=C(N)N)NC(=O)[C@H](CCCN=C(N)N)NNC(=O)c1ccc(Br)cc1)C(=O)N[C@@H](CC(C)C)C(=O)O. The molecule has 0 unspecified atom stereocenters. The van der Waals surface area contributed by atoms with E-state index in [4.69, 9.17) is 22.9 Å². The van der Waals surface area contributed by atoms with Gasteiger partial charge in [-0.3, -0.25) is 44.2 Å². The normalized spacial score (nSPS) is 15.9. The standard InChI is InChI=1S/C45H68BrN13O9/c1-5-26(4)36(41(65)55-34(43(67)68)23-25(2)3)56-39(63)33(24-27-12-18-30(60)19-13-27)54-40(64)35-11-8-22-59(35)42(66)32(10-7-21-52-45(49)50)53-38(62)31(9-6-20-51-44(47)48)57-58-37(61)28-14-16-29(46)17-15-28/h12-19,25-26,31-36,57,60H,5-11,20-24H2,1-4H3,(H,53,62)(H,54,64)(H,55,65)(H,56,63)(H,58,61)(H,67,68)(H4,47,48,51)(H4,49,50,52)/t26-,31-,32-,33-,34-,35-,36-/m0/s1. The third-order valence-electron chi connectivity index (χ3n) is 11.3. The number of likely N-dealkylation sites (tertiary alicyclic amines) is 1. The van der Waals surface area contributed by atoms with E-state index in [9.17, 15) is 43.8 Å². The number of carbonyl (C=O) groups is 7. The molecule has 3 rings (SSSR count). The second-order valence-corrected chi connectivity index (χ2v) is 18.1. The molecule has 0 spiro atoms. The Morgan fingerprint density at radius 2 is 1.34 bits per heavy atom. The molecule has 1 fully saturated rings. The van der Waals surface area contributed by atoms with E-state index >= 15 is 0 Å². The lowest BCUT2D eigenvalue weighted by atomic mass is 9.96. The molecule has 0 aliphatic carbocycles. The number of aromatic hydroxyl groups is 1. The summed E-state index contributed by atoms with van der Waals surface area (Å²) < 4.78 is 0.759. The zero-order valence-electron chi connectivity index (χ0n) is 39.0. The minimum atomic E-state index is -1.30. The largest absolute Gasteiger partial charge is 0.508 e. The first-order valence-corrected chi connectivity index (χ1v) is 23.4. The molecular weight excluding hydrogens is 946 g/mol. The van der Waals surface area contributed by atoms with Gasteiger partial charge in [0.05, 0.1) is 0 Å². The van der Waals surface area contributed by atoms with Gasteiger partial charge in [0.25, 0.3) is 5.91 Å². The number of halogens is 1. The van der Waals surface area contributed by atoms with Gasteiger partial charge in [-0.15, -0.1) is 0 Å². The number of nitrogens with one attached hydrogen (secondary N) is 6. The maximum atomic E-state index is 14.6. The van der Waals surface area contributed by atoms with Crippen molar-refractivity contribution in [3.05, 3.63) is 64.1 Å². The van der Waals surface area contributed by atoms with Crippen LogP contribution in [0.1, 0.15) is 95.0 Å². The van der Waals surface area contributed by atoms with Gasteiger partial charge < -0.3 is 59.3 Å². The number of phenols is 1. The molecule has 0 saturated carbocycles. The molecule has 2 aromatic carbocycles. The number of rotatable bonds is 27. The van der Waals surface area contributed by atoms with Gasteiger partial charge in [0, 0.05) is 36.1 Å². The van der Waals surface area contributed by atoms with Crippen LogP contribution in [0.4, 0.5) is 0 Å². The molecule has 1 heterocycles. The number of hydrogen-bond acceptors (Lipinski definition) is 11. The van der Waals surface area contributed by atoms with E-state index < -0.39 is 83.6 Å². The summed E-state index contributed by atoms with van der Waals surface area (Å²) in [5.74, 6) is -5.96. The summed E-state index contributed by atoms with van der Waals surface area (Å²) in [6, 6.07) is 5.46. The molecule has 68 heavy (non-hydrogen) atoms. The van der Waals surface area contributed by atoms with Gasteiger partial charge in [-0.2, -0.15) is 0 Å². The number of aliphatic carboxylic acids is 1. The summed E-state index contributed by atoms with van der Waals surface area (Å²) in [5.41, 5.74) is 28.2. The summed E-state index contributed by atoms with van der Waals surface area (Å²) >= 11 is 3.33. The van der Waals surface area contributed by atoms with E-state index in [2.05, 4.69) is 58.0 Å². The highest BCUT2D eigenvalue weighted by molar-refractivity contribution is 9.10. The Bertz CT molecular complexity index is 2080. The van der Waals surface area contributed by atoms with Crippen molar-refractivity contribution < 1.29 is 43.8 Å². The van der Waals surface area contributed by atoms with E-state index in [1.54, 1.807) is 43.3 Å². The molecule has 1 aliphatic heterocycles. The Morgan fingerprint density at radius 1 is 0.765 bits per heavy atom. The van der Waals surface area contributed by atoms with Gasteiger partial charge in [-0.05, 0) is 98.7 Å². The monoisotopic (exact) mass is 1010 g/mol. The summed E-state index contributed by atoms with van der Waals surface area (Å²) in [7, 11) is 0. The van der Waals surface area contributed by atoms with Crippen molar-refractivity contribution in [1.29, 1.82) is 0 Å². The van der Waals surface area contributed by atoms with Gasteiger partial charge in [0.1, 0.15) is 42.0 Å². The zero-order valence-corrected chi connectivity index (χ0v) is 40.6. The Kier molecular flexibility index (Phi) is 23.0. The van der Waals surface area contributed by atoms with Gasteiger partial charge in [-0.1, -0.05) is 62.2 Å². The molecule has 6 amide bonds. The minimum Gasteiger partial charge on any atom is -0.508 e. The number of aliphatic imine (C=N–C) groups is 2. The molecule has 0 aromatic heterocycles. The Morgan fingerprint density at radius 3 is 1.90 bits per heavy atom. The number of nitrogens with zero attached hydrogens (tertiary/aromatic N) is 3. The smallest absolute Gasteiger partial charge is 0.326 e. The zero-order chi connectivity index (χ0) is 50.5. The average Bonchev–Trinajstić information content (AvgIpc) is 3.79. The number of benzene rings is 2. The Hall–Kier alpha value is -6.49. The van der Waals surface area contributed by atoms with Crippen molar-refractivity contribution in [2.75, 3.05) is 19.6 Å². The molecule has 1 saturated heterocycles. The third-order valence-corrected chi connectivity index (χ3v) is 11.8. The van der Waals surface area contributed by atoms with Crippen LogP contribution in [-0.4, -0.2) is 124 Å². The molecule has 1 aliphatic rings. The molecule has 2 aromatic rings. The first-order chi connectivity index (χ1) is 32.2. The fourth-order valence-corrected chi connectivity index (χ4v) is 7.65. The molecular formula is C45H68BrN13O9. The number of amides is 6. The van der Waals surface area contributed by atoms with Crippen molar-refractivity contribution in [1.82, 2.24) is 37.0 Å². The van der Waals surface area contributed by atoms with Crippen LogP contribution in [0.2, 0.25) is 0 Å². The molecule has 374 valence electrons. The maximum Gasteiger partial charge on any atom is 0.326 e. The minimum absolute atomic E-state index is 0.0276. The topological polar surface area (TPSA) is 364 Å².